The minimum Gasteiger partial charge on any atom is -0.473 e. The van der Waals surface area contributed by atoms with E-state index in [1.54, 1.807) is 6.33 Å². The summed E-state index contributed by atoms with van der Waals surface area (Å²) in [6, 6.07) is 12.1. The lowest BCUT2D eigenvalue weighted by molar-refractivity contribution is 0.293. The molecule has 1 saturated heterocycles. The second-order valence-electron chi connectivity index (χ2n) is 6.35. The maximum Gasteiger partial charge on any atom is 0.218 e. The predicted molar refractivity (Wildman–Crippen MR) is 91.7 cm³/mol. The van der Waals surface area contributed by atoms with Gasteiger partial charge in [-0.1, -0.05) is 30.3 Å². The molecule has 3 rings (SSSR count). The van der Waals surface area contributed by atoms with Crippen LogP contribution in [0.5, 0.6) is 5.88 Å². The molecule has 5 nitrogen and oxygen atoms in total. The second kappa shape index (κ2) is 7.42. The molecule has 0 bridgehead atoms. The number of hydrogen-bond acceptors (Lipinski definition) is 5. The molecule has 1 unspecified atom stereocenters. The van der Waals surface area contributed by atoms with Crippen LogP contribution in [0, 0.1) is 5.92 Å². The summed E-state index contributed by atoms with van der Waals surface area (Å²) in [7, 11) is 4.26. The van der Waals surface area contributed by atoms with Crippen LogP contribution in [0.2, 0.25) is 0 Å². The van der Waals surface area contributed by atoms with Crippen molar-refractivity contribution in [1.29, 1.82) is 0 Å². The SMILES string of the molecule is CN(C)CC1CCN(c2cc(OCc3ccccc3)ncn2)C1. The van der Waals surface area contributed by atoms with Crippen molar-refractivity contribution in [3.8, 4) is 5.88 Å². The molecule has 0 radical (unpaired) electrons. The minimum absolute atomic E-state index is 0.528. The highest BCUT2D eigenvalue weighted by Crippen LogP contribution is 2.24. The lowest BCUT2D eigenvalue weighted by Gasteiger charge is -2.19. The van der Waals surface area contributed by atoms with Crippen LogP contribution >= 0.6 is 0 Å². The van der Waals surface area contributed by atoms with Gasteiger partial charge in [0.15, 0.2) is 0 Å². The van der Waals surface area contributed by atoms with E-state index in [-0.39, 0.29) is 0 Å². The van der Waals surface area contributed by atoms with Crippen LogP contribution in [0.1, 0.15) is 12.0 Å². The molecule has 1 fully saturated rings. The fourth-order valence-electron chi connectivity index (χ4n) is 3.02. The predicted octanol–water partition coefficient (Wildman–Crippen LogP) is 2.44. The van der Waals surface area contributed by atoms with E-state index in [0.717, 1.165) is 31.0 Å². The monoisotopic (exact) mass is 312 g/mol. The average molecular weight is 312 g/mol. The van der Waals surface area contributed by atoms with Gasteiger partial charge in [-0.15, -0.1) is 0 Å². The van der Waals surface area contributed by atoms with Gasteiger partial charge in [0.25, 0.3) is 0 Å². The molecular formula is C18H24N4O. The first-order valence-electron chi connectivity index (χ1n) is 8.09. The Kier molecular flexibility index (Phi) is 5.08. The standard InChI is InChI=1S/C18H24N4O/c1-21(2)11-16-8-9-22(12-16)17-10-18(20-14-19-17)23-13-15-6-4-3-5-7-15/h3-7,10,14,16H,8-9,11-13H2,1-2H3. The van der Waals surface area contributed by atoms with Gasteiger partial charge in [0.05, 0.1) is 0 Å². The summed E-state index contributed by atoms with van der Waals surface area (Å²) < 4.78 is 5.80. The van der Waals surface area contributed by atoms with Crippen molar-refractivity contribution < 1.29 is 4.74 Å². The Labute approximate surface area is 137 Å². The van der Waals surface area contributed by atoms with Crippen LogP contribution < -0.4 is 9.64 Å². The maximum atomic E-state index is 5.80. The molecule has 2 aromatic rings. The molecule has 1 aromatic heterocycles. The Morgan fingerprint density at radius 3 is 2.83 bits per heavy atom. The summed E-state index contributed by atoms with van der Waals surface area (Å²) in [5.41, 5.74) is 1.14. The van der Waals surface area contributed by atoms with Gasteiger partial charge in [-0.2, -0.15) is 0 Å². The first-order valence-corrected chi connectivity index (χ1v) is 8.09. The number of benzene rings is 1. The van der Waals surface area contributed by atoms with E-state index in [4.69, 9.17) is 4.74 Å². The van der Waals surface area contributed by atoms with Gasteiger partial charge in [0, 0.05) is 25.7 Å². The van der Waals surface area contributed by atoms with Crippen molar-refractivity contribution in [3.05, 3.63) is 48.3 Å². The fourth-order valence-corrected chi connectivity index (χ4v) is 3.02. The van der Waals surface area contributed by atoms with E-state index in [1.165, 1.54) is 6.42 Å². The van der Waals surface area contributed by atoms with Crippen LogP contribution in [0.3, 0.4) is 0 Å². The van der Waals surface area contributed by atoms with Gasteiger partial charge in [-0.3, -0.25) is 0 Å². The van der Waals surface area contributed by atoms with Crippen LogP contribution in [-0.4, -0.2) is 48.6 Å². The molecule has 1 aliphatic heterocycles. The third-order valence-corrected chi connectivity index (χ3v) is 4.09. The van der Waals surface area contributed by atoms with E-state index in [1.807, 2.05) is 24.3 Å². The molecule has 1 aromatic carbocycles. The molecule has 0 N–H and O–H groups in total. The summed E-state index contributed by atoms with van der Waals surface area (Å²) in [6.07, 6.45) is 2.80. The molecule has 5 heteroatoms. The van der Waals surface area contributed by atoms with Gasteiger partial charge in [0.2, 0.25) is 5.88 Å². The Morgan fingerprint density at radius 1 is 1.22 bits per heavy atom. The molecule has 0 saturated carbocycles. The fraction of sp³-hybridized carbons (Fsp3) is 0.444. The molecule has 1 atom stereocenters. The number of aromatic nitrogens is 2. The lowest BCUT2D eigenvalue weighted by Crippen LogP contribution is -2.26. The third-order valence-electron chi connectivity index (χ3n) is 4.09. The van der Waals surface area contributed by atoms with Crippen molar-refractivity contribution >= 4 is 5.82 Å². The van der Waals surface area contributed by atoms with Crippen molar-refractivity contribution in [2.75, 3.05) is 38.6 Å². The number of rotatable bonds is 6. The van der Waals surface area contributed by atoms with Gasteiger partial charge in [-0.25, -0.2) is 9.97 Å². The zero-order valence-corrected chi connectivity index (χ0v) is 13.9. The van der Waals surface area contributed by atoms with Crippen LogP contribution in [0.4, 0.5) is 5.82 Å². The van der Waals surface area contributed by atoms with Crippen molar-refractivity contribution in [1.82, 2.24) is 14.9 Å². The number of nitrogens with zero attached hydrogens (tertiary/aromatic N) is 4. The zero-order valence-electron chi connectivity index (χ0n) is 13.9. The third kappa shape index (κ3) is 4.42. The maximum absolute atomic E-state index is 5.80. The topological polar surface area (TPSA) is 41.5 Å². The smallest absolute Gasteiger partial charge is 0.218 e. The van der Waals surface area contributed by atoms with Crippen molar-refractivity contribution in [3.63, 3.8) is 0 Å². The summed E-state index contributed by atoms with van der Waals surface area (Å²) >= 11 is 0. The van der Waals surface area contributed by atoms with Crippen molar-refractivity contribution in [2.24, 2.45) is 5.92 Å². The number of hydrogen-bond donors (Lipinski definition) is 0. The first kappa shape index (κ1) is 15.7. The molecule has 23 heavy (non-hydrogen) atoms. The van der Waals surface area contributed by atoms with Gasteiger partial charge >= 0.3 is 0 Å². The highest BCUT2D eigenvalue weighted by Gasteiger charge is 2.24. The number of anilines is 1. The Balaban J connectivity index is 1.59. The average Bonchev–Trinajstić information content (AvgIpc) is 3.02. The molecule has 0 spiro atoms. The van der Waals surface area contributed by atoms with E-state index >= 15 is 0 Å². The summed E-state index contributed by atoms with van der Waals surface area (Å²) in [5, 5.41) is 0. The summed E-state index contributed by atoms with van der Waals surface area (Å²) in [6.45, 7) is 3.75. The molecule has 1 aliphatic rings. The summed E-state index contributed by atoms with van der Waals surface area (Å²) in [5.74, 6) is 2.30. The first-order chi connectivity index (χ1) is 11.2. The van der Waals surface area contributed by atoms with Gasteiger partial charge in [-0.05, 0) is 32.0 Å². The summed E-state index contributed by atoms with van der Waals surface area (Å²) in [4.78, 5) is 13.2. The molecule has 2 heterocycles. The molecular weight excluding hydrogens is 288 g/mol. The minimum atomic E-state index is 0.528. The molecule has 122 valence electrons. The lowest BCUT2D eigenvalue weighted by atomic mass is 10.1. The van der Waals surface area contributed by atoms with Gasteiger partial charge in [0.1, 0.15) is 18.8 Å². The molecule has 0 amide bonds. The zero-order chi connectivity index (χ0) is 16.1. The van der Waals surface area contributed by atoms with Crippen LogP contribution in [0.15, 0.2) is 42.7 Å². The largest absolute Gasteiger partial charge is 0.473 e. The Morgan fingerprint density at radius 2 is 2.04 bits per heavy atom. The highest BCUT2D eigenvalue weighted by molar-refractivity contribution is 5.42. The van der Waals surface area contributed by atoms with E-state index in [2.05, 4.69) is 46.0 Å². The second-order valence-corrected chi connectivity index (χ2v) is 6.35. The Bertz CT molecular complexity index is 617. The number of ether oxygens (including phenoxy) is 1. The van der Waals surface area contributed by atoms with Crippen LogP contribution in [0.25, 0.3) is 0 Å². The Hall–Kier alpha value is -2.14. The van der Waals surface area contributed by atoms with E-state index < -0.39 is 0 Å². The molecule has 0 aliphatic carbocycles. The van der Waals surface area contributed by atoms with E-state index in [0.29, 0.717) is 18.4 Å². The van der Waals surface area contributed by atoms with Crippen molar-refractivity contribution in [2.45, 2.75) is 13.0 Å². The quantitative estimate of drug-likeness (QED) is 0.819. The van der Waals surface area contributed by atoms with Crippen LogP contribution in [-0.2, 0) is 6.61 Å². The van der Waals surface area contributed by atoms with Gasteiger partial charge < -0.3 is 14.5 Å². The highest BCUT2D eigenvalue weighted by atomic mass is 16.5. The van der Waals surface area contributed by atoms with E-state index in [9.17, 15) is 0 Å². The normalized spacial score (nSPS) is 17.7.